The van der Waals surface area contributed by atoms with Gasteiger partial charge in [-0.2, -0.15) is 0 Å². The Morgan fingerprint density at radius 3 is 1.82 bits per heavy atom. The maximum absolute atomic E-state index is 4.89. The molecule has 0 aliphatic heterocycles. The molecule has 2 aliphatic carbocycles. The number of unbranched alkanes of at least 4 members (excludes halogenated alkanes) is 9. The van der Waals surface area contributed by atoms with Crippen molar-refractivity contribution in [3.8, 4) is 0 Å². The van der Waals surface area contributed by atoms with Crippen molar-refractivity contribution in [1.29, 1.82) is 0 Å². The molecule has 0 amide bonds. The minimum absolute atomic E-state index is 0.825. The molecular formula is C32H56N2. The van der Waals surface area contributed by atoms with Crippen molar-refractivity contribution in [1.82, 2.24) is 9.97 Å². The van der Waals surface area contributed by atoms with Gasteiger partial charge in [-0.1, -0.05) is 123 Å². The molecule has 0 radical (unpaired) electrons. The highest BCUT2D eigenvalue weighted by Crippen LogP contribution is 2.43. The van der Waals surface area contributed by atoms with Crippen LogP contribution >= 0.6 is 0 Å². The van der Waals surface area contributed by atoms with Crippen LogP contribution in [-0.4, -0.2) is 9.97 Å². The Hall–Kier alpha value is -0.920. The SMILES string of the molecule is CCCCCCCCCCCCc1cnc(CC(C2CCCCC2)C2CCC(CC)CC2)nc1. The fourth-order valence-electron chi connectivity index (χ4n) is 6.95. The second-order valence-corrected chi connectivity index (χ2v) is 11.9. The lowest BCUT2D eigenvalue weighted by Gasteiger charge is -2.39. The summed E-state index contributed by atoms with van der Waals surface area (Å²) < 4.78 is 0. The summed E-state index contributed by atoms with van der Waals surface area (Å²) in [6.07, 6.45) is 35.1. The summed E-state index contributed by atoms with van der Waals surface area (Å²) in [5.41, 5.74) is 1.35. The average Bonchev–Trinajstić information content (AvgIpc) is 2.90. The van der Waals surface area contributed by atoms with E-state index in [4.69, 9.17) is 9.97 Å². The Morgan fingerprint density at radius 1 is 0.676 bits per heavy atom. The Bertz CT molecular complexity index is 610. The van der Waals surface area contributed by atoms with Gasteiger partial charge in [0.05, 0.1) is 0 Å². The first-order valence-electron chi connectivity index (χ1n) is 15.6. The second-order valence-electron chi connectivity index (χ2n) is 11.9. The molecule has 2 nitrogen and oxygen atoms in total. The van der Waals surface area contributed by atoms with E-state index in [1.54, 1.807) is 0 Å². The van der Waals surface area contributed by atoms with Crippen molar-refractivity contribution >= 4 is 0 Å². The molecule has 0 saturated heterocycles. The van der Waals surface area contributed by atoms with Gasteiger partial charge in [0, 0.05) is 18.8 Å². The lowest BCUT2D eigenvalue weighted by atomic mass is 9.66. The molecule has 1 aromatic rings. The standard InChI is InChI=1S/C32H56N2/c1-3-5-6-7-8-9-10-11-12-14-17-28-25-33-32(34-26-28)24-31(29-18-15-13-16-19-29)30-22-20-27(4-2)21-23-30/h25-27,29-31H,3-24H2,1-2H3. The number of aryl methyl sites for hydroxylation is 1. The Kier molecular flexibility index (Phi) is 13.6. The number of rotatable bonds is 16. The van der Waals surface area contributed by atoms with E-state index in [0.29, 0.717) is 0 Å². The smallest absolute Gasteiger partial charge is 0.128 e. The quantitative estimate of drug-likeness (QED) is 0.225. The van der Waals surface area contributed by atoms with Gasteiger partial charge in [-0.25, -0.2) is 9.97 Å². The summed E-state index contributed by atoms with van der Waals surface area (Å²) >= 11 is 0. The van der Waals surface area contributed by atoms with Gasteiger partial charge in [0.2, 0.25) is 0 Å². The van der Waals surface area contributed by atoms with Crippen LogP contribution in [0.2, 0.25) is 0 Å². The molecule has 0 spiro atoms. The van der Waals surface area contributed by atoms with Crippen molar-refractivity contribution in [3.63, 3.8) is 0 Å². The topological polar surface area (TPSA) is 25.8 Å². The van der Waals surface area contributed by atoms with Gasteiger partial charge in [-0.3, -0.25) is 0 Å². The Balaban J connectivity index is 1.38. The van der Waals surface area contributed by atoms with Crippen LogP contribution in [0.1, 0.15) is 154 Å². The molecule has 194 valence electrons. The zero-order valence-corrected chi connectivity index (χ0v) is 22.9. The van der Waals surface area contributed by atoms with Crippen LogP contribution in [0.25, 0.3) is 0 Å². The predicted molar refractivity (Wildman–Crippen MR) is 147 cm³/mol. The Labute approximate surface area is 212 Å². The van der Waals surface area contributed by atoms with E-state index in [-0.39, 0.29) is 0 Å². The molecule has 1 atom stereocenters. The summed E-state index contributed by atoms with van der Waals surface area (Å²) in [4.78, 5) is 9.78. The predicted octanol–water partition coefficient (Wildman–Crippen LogP) is 9.90. The summed E-state index contributed by atoms with van der Waals surface area (Å²) in [6.45, 7) is 4.68. The van der Waals surface area contributed by atoms with E-state index >= 15 is 0 Å². The fourth-order valence-corrected chi connectivity index (χ4v) is 6.95. The minimum Gasteiger partial charge on any atom is -0.241 e. The molecule has 1 unspecified atom stereocenters. The number of nitrogens with zero attached hydrogens (tertiary/aromatic N) is 2. The maximum atomic E-state index is 4.89. The first-order chi connectivity index (χ1) is 16.8. The van der Waals surface area contributed by atoms with Crippen LogP contribution < -0.4 is 0 Å². The van der Waals surface area contributed by atoms with E-state index in [0.717, 1.165) is 42.3 Å². The zero-order chi connectivity index (χ0) is 23.8. The number of hydrogen-bond donors (Lipinski definition) is 0. The van der Waals surface area contributed by atoms with Crippen molar-refractivity contribution in [2.75, 3.05) is 0 Å². The summed E-state index contributed by atoms with van der Waals surface area (Å²) in [6, 6.07) is 0. The normalized spacial score (nSPS) is 22.6. The van der Waals surface area contributed by atoms with Gasteiger partial charge in [-0.15, -0.1) is 0 Å². The van der Waals surface area contributed by atoms with Crippen molar-refractivity contribution in [2.45, 2.75) is 155 Å². The first kappa shape index (κ1) is 27.7. The largest absolute Gasteiger partial charge is 0.241 e. The van der Waals surface area contributed by atoms with E-state index < -0.39 is 0 Å². The molecule has 3 rings (SSSR count). The van der Waals surface area contributed by atoms with Gasteiger partial charge in [0.15, 0.2) is 0 Å². The van der Waals surface area contributed by atoms with Crippen LogP contribution in [-0.2, 0) is 12.8 Å². The third-order valence-electron chi connectivity index (χ3n) is 9.33. The molecule has 2 fully saturated rings. The van der Waals surface area contributed by atoms with Crippen LogP contribution in [0.15, 0.2) is 12.4 Å². The van der Waals surface area contributed by atoms with Crippen molar-refractivity contribution < 1.29 is 0 Å². The van der Waals surface area contributed by atoms with Crippen LogP contribution in [0.3, 0.4) is 0 Å². The molecule has 0 bridgehead atoms. The van der Waals surface area contributed by atoms with Gasteiger partial charge >= 0.3 is 0 Å². The molecule has 1 aromatic heterocycles. The van der Waals surface area contributed by atoms with Crippen LogP contribution in [0.5, 0.6) is 0 Å². The number of hydrogen-bond acceptors (Lipinski definition) is 2. The first-order valence-corrected chi connectivity index (χ1v) is 15.6. The maximum Gasteiger partial charge on any atom is 0.128 e. The van der Waals surface area contributed by atoms with E-state index in [2.05, 4.69) is 26.2 Å². The van der Waals surface area contributed by atoms with Gasteiger partial charge in [-0.05, 0) is 54.9 Å². The van der Waals surface area contributed by atoms with Crippen LogP contribution in [0.4, 0.5) is 0 Å². The number of aromatic nitrogens is 2. The highest BCUT2D eigenvalue weighted by atomic mass is 14.9. The lowest BCUT2D eigenvalue weighted by molar-refractivity contribution is 0.123. The second kappa shape index (κ2) is 16.7. The summed E-state index contributed by atoms with van der Waals surface area (Å²) in [7, 11) is 0. The zero-order valence-electron chi connectivity index (χ0n) is 22.9. The molecule has 0 N–H and O–H groups in total. The highest BCUT2D eigenvalue weighted by Gasteiger charge is 2.33. The molecular weight excluding hydrogens is 412 g/mol. The monoisotopic (exact) mass is 468 g/mol. The fraction of sp³-hybridized carbons (Fsp3) is 0.875. The van der Waals surface area contributed by atoms with Gasteiger partial charge in [0.1, 0.15) is 5.82 Å². The molecule has 2 saturated carbocycles. The molecule has 1 heterocycles. The molecule has 0 aromatic carbocycles. The lowest BCUT2D eigenvalue weighted by Crippen LogP contribution is -2.31. The van der Waals surface area contributed by atoms with Gasteiger partial charge < -0.3 is 0 Å². The summed E-state index contributed by atoms with van der Waals surface area (Å²) in [5, 5.41) is 0. The highest BCUT2D eigenvalue weighted by molar-refractivity contribution is 5.06. The Morgan fingerprint density at radius 2 is 1.24 bits per heavy atom. The molecule has 34 heavy (non-hydrogen) atoms. The van der Waals surface area contributed by atoms with Crippen molar-refractivity contribution in [2.24, 2.45) is 23.7 Å². The van der Waals surface area contributed by atoms with E-state index in [1.165, 1.54) is 134 Å². The average molecular weight is 469 g/mol. The van der Waals surface area contributed by atoms with Crippen LogP contribution in [0, 0.1) is 23.7 Å². The minimum atomic E-state index is 0.825. The van der Waals surface area contributed by atoms with E-state index in [9.17, 15) is 0 Å². The third kappa shape index (κ3) is 9.98. The molecule has 2 heteroatoms. The van der Waals surface area contributed by atoms with E-state index in [1.807, 2.05) is 0 Å². The summed E-state index contributed by atoms with van der Waals surface area (Å²) in [5.74, 6) is 4.78. The molecule has 2 aliphatic rings. The van der Waals surface area contributed by atoms with Crippen molar-refractivity contribution in [3.05, 3.63) is 23.8 Å². The third-order valence-corrected chi connectivity index (χ3v) is 9.33. The van der Waals surface area contributed by atoms with Gasteiger partial charge in [0.25, 0.3) is 0 Å².